The fourth-order valence-corrected chi connectivity index (χ4v) is 5.49. The van der Waals surface area contributed by atoms with Crippen LogP contribution in [0, 0.1) is 11.8 Å². The lowest BCUT2D eigenvalue weighted by Crippen LogP contribution is -2.48. The Bertz CT molecular complexity index is 765. The van der Waals surface area contributed by atoms with Gasteiger partial charge in [-0.1, -0.05) is 13.8 Å². The van der Waals surface area contributed by atoms with Crippen molar-refractivity contribution in [3.63, 3.8) is 0 Å². The van der Waals surface area contributed by atoms with Gasteiger partial charge in [0.1, 0.15) is 0 Å². The van der Waals surface area contributed by atoms with E-state index in [-0.39, 0.29) is 16.8 Å². The van der Waals surface area contributed by atoms with Crippen LogP contribution in [0.2, 0.25) is 0 Å². The van der Waals surface area contributed by atoms with E-state index >= 15 is 0 Å². The van der Waals surface area contributed by atoms with E-state index in [1.54, 1.807) is 24.3 Å². The molecule has 1 N–H and O–H groups in total. The number of amides is 1. The first-order valence-corrected chi connectivity index (χ1v) is 11.4. The summed E-state index contributed by atoms with van der Waals surface area (Å²) in [5, 5.41) is 2.92. The van der Waals surface area contributed by atoms with E-state index in [0.29, 0.717) is 43.8 Å². The van der Waals surface area contributed by atoms with Gasteiger partial charge < -0.3 is 10.1 Å². The smallest absolute Gasteiger partial charge is 0.243 e. The number of carbonyl (C=O) groups is 1. The van der Waals surface area contributed by atoms with Gasteiger partial charge in [0, 0.05) is 31.9 Å². The average Bonchev–Trinajstić information content (AvgIpc) is 2.67. The number of ether oxygens (including phenoxy) is 1. The first kappa shape index (κ1) is 21.2. The number of morpholine rings is 1. The molecule has 2 saturated heterocycles. The summed E-state index contributed by atoms with van der Waals surface area (Å²) in [5.41, 5.74) is 0.607. The molecule has 0 saturated carbocycles. The molecule has 156 valence electrons. The molecule has 0 bridgehead atoms. The Morgan fingerprint density at radius 1 is 1.11 bits per heavy atom. The summed E-state index contributed by atoms with van der Waals surface area (Å²) in [4.78, 5) is 15.1. The SMILES string of the molecule is C[C@@H]1C[C@@H](C)CN([C@@H](C)C(=O)Nc2ccc(S(=O)(=O)N3CCOCC3)cc2)C1. The van der Waals surface area contributed by atoms with Gasteiger partial charge in [-0.2, -0.15) is 4.31 Å². The number of rotatable bonds is 5. The fourth-order valence-electron chi connectivity index (χ4n) is 4.09. The van der Waals surface area contributed by atoms with E-state index in [2.05, 4.69) is 24.1 Å². The fraction of sp³-hybridized carbons (Fsp3) is 0.650. The zero-order valence-electron chi connectivity index (χ0n) is 16.9. The summed E-state index contributed by atoms with van der Waals surface area (Å²) in [6, 6.07) is 6.19. The molecule has 0 aromatic heterocycles. The maximum absolute atomic E-state index is 12.7. The number of hydrogen-bond acceptors (Lipinski definition) is 5. The lowest BCUT2D eigenvalue weighted by atomic mass is 9.91. The molecule has 7 nitrogen and oxygen atoms in total. The highest BCUT2D eigenvalue weighted by Crippen LogP contribution is 2.24. The van der Waals surface area contributed by atoms with Gasteiger partial charge in [-0.15, -0.1) is 0 Å². The lowest BCUT2D eigenvalue weighted by Gasteiger charge is -2.38. The van der Waals surface area contributed by atoms with Gasteiger partial charge in [0.25, 0.3) is 0 Å². The maximum atomic E-state index is 12.7. The number of hydrogen-bond donors (Lipinski definition) is 1. The zero-order chi connectivity index (χ0) is 20.3. The molecule has 2 heterocycles. The number of carbonyl (C=O) groups excluding carboxylic acids is 1. The van der Waals surface area contributed by atoms with Gasteiger partial charge in [-0.05, 0) is 49.4 Å². The van der Waals surface area contributed by atoms with Crippen LogP contribution in [0.25, 0.3) is 0 Å². The minimum absolute atomic E-state index is 0.0647. The molecule has 0 unspecified atom stereocenters. The number of benzene rings is 1. The summed E-state index contributed by atoms with van der Waals surface area (Å²) < 4.78 is 32.0. The number of nitrogens with one attached hydrogen (secondary N) is 1. The Labute approximate surface area is 168 Å². The second-order valence-corrected chi connectivity index (χ2v) is 10.0. The first-order chi connectivity index (χ1) is 13.3. The van der Waals surface area contributed by atoms with Crippen molar-refractivity contribution in [3.05, 3.63) is 24.3 Å². The van der Waals surface area contributed by atoms with E-state index in [1.165, 1.54) is 10.7 Å². The highest BCUT2D eigenvalue weighted by molar-refractivity contribution is 7.89. The molecule has 2 aliphatic heterocycles. The summed E-state index contributed by atoms with van der Waals surface area (Å²) >= 11 is 0. The van der Waals surface area contributed by atoms with E-state index in [1.807, 2.05) is 6.92 Å². The Morgan fingerprint density at radius 3 is 2.25 bits per heavy atom. The Kier molecular flexibility index (Phi) is 6.75. The molecule has 28 heavy (non-hydrogen) atoms. The number of anilines is 1. The highest BCUT2D eigenvalue weighted by Gasteiger charge is 2.29. The van der Waals surface area contributed by atoms with Crippen molar-refractivity contribution < 1.29 is 17.9 Å². The molecule has 0 spiro atoms. The second kappa shape index (κ2) is 8.90. The summed E-state index contributed by atoms with van der Waals surface area (Å²) in [6.07, 6.45) is 1.20. The number of sulfonamides is 1. The van der Waals surface area contributed by atoms with Crippen LogP contribution >= 0.6 is 0 Å². The molecule has 1 aromatic rings. The topological polar surface area (TPSA) is 79.0 Å². The Balaban J connectivity index is 1.62. The minimum atomic E-state index is -3.52. The van der Waals surface area contributed by atoms with Gasteiger partial charge in [-0.3, -0.25) is 9.69 Å². The minimum Gasteiger partial charge on any atom is -0.379 e. The molecule has 3 atom stereocenters. The standard InChI is InChI=1S/C20H31N3O4S/c1-15-12-16(2)14-22(13-15)17(3)20(24)21-18-4-6-19(7-5-18)28(25,26)23-8-10-27-11-9-23/h4-7,15-17H,8-14H2,1-3H3,(H,21,24)/t15-,16-,17+/m1/s1. The monoisotopic (exact) mass is 409 g/mol. The van der Waals surface area contributed by atoms with E-state index < -0.39 is 10.0 Å². The molecular weight excluding hydrogens is 378 g/mol. The Morgan fingerprint density at radius 2 is 1.68 bits per heavy atom. The quantitative estimate of drug-likeness (QED) is 0.805. The van der Waals surface area contributed by atoms with Crippen molar-refractivity contribution in [1.29, 1.82) is 0 Å². The van der Waals surface area contributed by atoms with Crippen LogP contribution in [-0.2, 0) is 19.6 Å². The predicted molar refractivity (Wildman–Crippen MR) is 109 cm³/mol. The van der Waals surface area contributed by atoms with Gasteiger partial charge in [0.2, 0.25) is 15.9 Å². The van der Waals surface area contributed by atoms with Crippen molar-refractivity contribution >= 4 is 21.6 Å². The number of likely N-dealkylation sites (tertiary alicyclic amines) is 1. The van der Waals surface area contributed by atoms with Gasteiger partial charge in [0.05, 0.1) is 24.2 Å². The zero-order valence-corrected chi connectivity index (χ0v) is 17.7. The third-order valence-electron chi connectivity index (χ3n) is 5.55. The van der Waals surface area contributed by atoms with Crippen LogP contribution in [0.15, 0.2) is 29.2 Å². The molecular formula is C20H31N3O4S. The predicted octanol–water partition coefficient (Wildman–Crippen LogP) is 2.01. The van der Waals surface area contributed by atoms with Crippen LogP contribution < -0.4 is 5.32 Å². The lowest BCUT2D eigenvalue weighted by molar-refractivity contribution is -0.121. The van der Waals surface area contributed by atoms with Crippen molar-refractivity contribution in [2.45, 2.75) is 38.1 Å². The number of nitrogens with zero attached hydrogens (tertiary/aromatic N) is 2. The molecule has 1 aromatic carbocycles. The molecule has 2 fully saturated rings. The molecule has 2 aliphatic rings. The normalized spacial score (nSPS) is 26.0. The van der Waals surface area contributed by atoms with Crippen LogP contribution in [0.5, 0.6) is 0 Å². The first-order valence-electron chi connectivity index (χ1n) is 10.00. The maximum Gasteiger partial charge on any atom is 0.243 e. The molecule has 0 radical (unpaired) electrons. The third-order valence-corrected chi connectivity index (χ3v) is 7.47. The van der Waals surface area contributed by atoms with Crippen LogP contribution in [0.1, 0.15) is 27.2 Å². The van der Waals surface area contributed by atoms with Crippen LogP contribution in [0.3, 0.4) is 0 Å². The molecule has 1 amide bonds. The van der Waals surface area contributed by atoms with Crippen molar-refractivity contribution in [2.75, 3.05) is 44.7 Å². The average molecular weight is 410 g/mol. The summed E-state index contributed by atoms with van der Waals surface area (Å²) in [6.45, 7) is 9.79. The van der Waals surface area contributed by atoms with E-state index in [9.17, 15) is 13.2 Å². The van der Waals surface area contributed by atoms with Crippen molar-refractivity contribution in [3.8, 4) is 0 Å². The van der Waals surface area contributed by atoms with Gasteiger partial charge in [0.15, 0.2) is 0 Å². The van der Waals surface area contributed by atoms with Crippen molar-refractivity contribution in [2.24, 2.45) is 11.8 Å². The second-order valence-electron chi connectivity index (χ2n) is 8.11. The highest BCUT2D eigenvalue weighted by atomic mass is 32.2. The number of piperidine rings is 1. The molecule has 0 aliphatic carbocycles. The summed E-state index contributed by atoms with van der Waals surface area (Å²) in [7, 11) is -3.52. The van der Waals surface area contributed by atoms with Crippen LogP contribution in [-0.4, -0.2) is 69.0 Å². The van der Waals surface area contributed by atoms with E-state index in [0.717, 1.165) is 13.1 Å². The van der Waals surface area contributed by atoms with Gasteiger partial charge in [-0.25, -0.2) is 8.42 Å². The van der Waals surface area contributed by atoms with E-state index in [4.69, 9.17) is 4.74 Å². The van der Waals surface area contributed by atoms with Crippen molar-refractivity contribution in [1.82, 2.24) is 9.21 Å². The largest absolute Gasteiger partial charge is 0.379 e. The summed E-state index contributed by atoms with van der Waals surface area (Å²) in [5.74, 6) is 1.11. The third kappa shape index (κ3) is 4.92. The van der Waals surface area contributed by atoms with Gasteiger partial charge >= 0.3 is 0 Å². The Hall–Kier alpha value is -1.48. The molecule has 3 rings (SSSR count). The van der Waals surface area contributed by atoms with Crippen LogP contribution in [0.4, 0.5) is 5.69 Å². The molecule has 8 heteroatoms.